The van der Waals surface area contributed by atoms with E-state index in [1.807, 2.05) is 6.07 Å². The maximum Gasteiger partial charge on any atom is 0.339 e. The van der Waals surface area contributed by atoms with Crippen LogP contribution in [0, 0.1) is 11.3 Å². The van der Waals surface area contributed by atoms with Crippen LogP contribution < -0.4 is 10.6 Å². The van der Waals surface area contributed by atoms with Gasteiger partial charge in [-0.3, -0.25) is 4.79 Å². The molecule has 0 aliphatic rings. The van der Waals surface area contributed by atoms with Crippen LogP contribution in [0.15, 0.2) is 72.4 Å². The van der Waals surface area contributed by atoms with Crippen molar-refractivity contribution in [1.29, 1.82) is 5.26 Å². The molecular weight excluding hydrogens is 370 g/mol. The first-order chi connectivity index (χ1) is 14.0. The van der Waals surface area contributed by atoms with Crippen molar-refractivity contribution in [2.45, 2.75) is 0 Å². The number of carbonyl (C=O) groups is 2. The van der Waals surface area contributed by atoms with Gasteiger partial charge in [0.15, 0.2) is 0 Å². The van der Waals surface area contributed by atoms with Crippen LogP contribution in [-0.4, -0.2) is 24.1 Å². The van der Waals surface area contributed by atoms with Crippen LogP contribution in [0.2, 0.25) is 0 Å². The smallest absolute Gasteiger partial charge is 0.339 e. The van der Waals surface area contributed by atoms with Crippen LogP contribution in [-0.2, 0) is 9.53 Å². The predicted molar refractivity (Wildman–Crippen MR) is 109 cm³/mol. The molecule has 3 aromatic rings. The van der Waals surface area contributed by atoms with Gasteiger partial charge >= 0.3 is 5.97 Å². The van der Waals surface area contributed by atoms with Gasteiger partial charge in [-0.1, -0.05) is 36.4 Å². The van der Waals surface area contributed by atoms with Gasteiger partial charge in [-0.2, -0.15) is 5.26 Å². The Kier molecular flexibility index (Phi) is 5.76. The number of esters is 1. The number of methoxy groups -OCH3 is 1. The number of fused-ring (bicyclic) bond motifs is 1. The number of nitriles is 1. The van der Waals surface area contributed by atoms with Crippen molar-refractivity contribution in [1.82, 2.24) is 0 Å². The number of ether oxygens (including phenoxy) is 1. The van der Waals surface area contributed by atoms with E-state index in [0.717, 1.165) is 0 Å². The number of hydrogen-bond donors (Lipinski definition) is 3. The molecule has 0 aromatic heterocycles. The number of phenols is 1. The van der Waals surface area contributed by atoms with Gasteiger partial charge in [0.25, 0.3) is 5.91 Å². The molecule has 29 heavy (non-hydrogen) atoms. The molecule has 1 amide bonds. The third kappa shape index (κ3) is 4.17. The fourth-order valence-electron chi connectivity index (χ4n) is 2.79. The first-order valence-electron chi connectivity index (χ1n) is 8.61. The predicted octanol–water partition coefficient (Wildman–Crippen LogP) is 3.79. The lowest BCUT2D eigenvalue weighted by atomic mass is 10.1. The topological polar surface area (TPSA) is 111 Å². The van der Waals surface area contributed by atoms with Gasteiger partial charge in [-0.15, -0.1) is 0 Å². The molecule has 0 heterocycles. The molecule has 0 fully saturated rings. The van der Waals surface area contributed by atoms with Gasteiger partial charge in [0.1, 0.15) is 17.4 Å². The normalized spacial score (nSPS) is 10.8. The summed E-state index contributed by atoms with van der Waals surface area (Å²) in [5.41, 5.74) is 0.935. The Labute approximate surface area is 166 Å². The highest BCUT2D eigenvalue weighted by atomic mass is 16.5. The summed E-state index contributed by atoms with van der Waals surface area (Å²) in [5, 5.41) is 26.1. The Morgan fingerprint density at radius 3 is 2.45 bits per heavy atom. The van der Waals surface area contributed by atoms with Crippen molar-refractivity contribution in [3.63, 3.8) is 0 Å². The Hall–Kier alpha value is -4.31. The Morgan fingerprint density at radius 2 is 1.69 bits per heavy atom. The molecule has 0 unspecified atom stereocenters. The highest BCUT2D eigenvalue weighted by molar-refractivity contribution is 6.11. The number of para-hydroxylation sites is 1. The second-order valence-electron chi connectivity index (χ2n) is 5.98. The summed E-state index contributed by atoms with van der Waals surface area (Å²) in [6.45, 7) is 0. The van der Waals surface area contributed by atoms with Gasteiger partial charge < -0.3 is 20.5 Å². The second kappa shape index (κ2) is 8.59. The molecule has 3 N–H and O–H groups in total. The molecule has 3 aromatic carbocycles. The van der Waals surface area contributed by atoms with E-state index in [1.165, 1.54) is 13.3 Å². The van der Waals surface area contributed by atoms with E-state index >= 15 is 0 Å². The molecule has 0 atom stereocenters. The number of phenolic OH excluding ortho intramolecular Hbond substituents is 1. The maximum atomic E-state index is 12.6. The Balaban J connectivity index is 1.85. The number of anilines is 2. The SMILES string of the molecule is COC(=O)c1ccccc1N/C=C(/C#N)C(=O)Nc1cccc2c(O)cccc12. The minimum absolute atomic E-state index is 0.0933. The molecule has 7 nitrogen and oxygen atoms in total. The number of nitrogens with one attached hydrogen (secondary N) is 2. The highest BCUT2D eigenvalue weighted by Crippen LogP contribution is 2.30. The summed E-state index contributed by atoms with van der Waals surface area (Å²) in [5.74, 6) is -1.08. The van der Waals surface area contributed by atoms with E-state index in [2.05, 4.69) is 10.6 Å². The van der Waals surface area contributed by atoms with Gasteiger partial charge in [0.2, 0.25) is 0 Å². The maximum absolute atomic E-state index is 12.6. The molecule has 3 rings (SSSR count). The van der Waals surface area contributed by atoms with Crippen LogP contribution in [0.4, 0.5) is 11.4 Å². The minimum Gasteiger partial charge on any atom is -0.507 e. The van der Waals surface area contributed by atoms with Crippen LogP contribution in [0.3, 0.4) is 0 Å². The van der Waals surface area contributed by atoms with Crippen molar-refractivity contribution in [3.8, 4) is 11.8 Å². The first-order valence-corrected chi connectivity index (χ1v) is 8.61. The number of aromatic hydroxyl groups is 1. The summed E-state index contributed by atoms with van der Waals surface area (Å²) in [6.07, 6.45) is 1.22. The summed E-state index contributed by atoms with van der Waals surface area (Å²) in [6, 6.07) is 18.5. The third-order valence-corrected chi connectivity index (χ3v) is 4.22. The summed E-state index contributed by atoms with van der Waals surface area (Å²) in [7, 11) is 1.27. The van der Waals surface area contributed by atoms with Crippen LogP contribution in [0.25, 0.3) is 10.8 Å². The zero-order valence-electron chi connectivity index (χ0n) is 15.5. The summed E-state index contributed by atoms with van der Waals surface area (Å²) < 4.78 is 4.72. The zero-order valence-corrected chi connectivity index (χ0v) is 15.5. The Bertz CT molecular complexity index is 1160. The van der Waals surface area contributed by atoms with Gasteiger partial charge in [0, 0.05) is 22.7 Å². The van der Waals surface area contributed by atoms with Crippen molar-refractivity contribution in [2.24, 2.45) is 0 Å². The number of rotatable bonds is 5. The summed E-state index contributed by atoms with van der Waals surface area (Å²) in [4.78, 5) is 24.4. The van der Waals surface area contributed by atoms with E-state index in [0.29, 0.717) is 22.1 Å². The van der Waals surface area contributed by atoms with Crippen molar-refractivity contribution in [2.75, 3.05) is 17.7 Å². The molecule has 144 valence electrons. The monoisotopic (exact) mass is 387 g/mol. The standard InChI is InChI=1S/C22H17N3O4/c1-29-22(28)17-6-2-3-9-18(17)24-13-14(12-23)21(27)25-19-10-4-8-16-15(19)7-5-11-20(16)26/h2-11,13,24,26H,1H3,(H,25,27)/b14-13-. The van der Waals surface area contributed by atoms with Crippen LogP contribution in [0.5, 0.6) is 5.75 Å². The number of hydrogen-bond acceptors (Lipinski definition) is 6. The molecule has 0 saturated carbocycles. The lowest BCUT2D eigenvalue weighted by Crippen LogP contribution is -2.15. The zero-order chi connectivity index (χ0) is 20.8. The van der Waals surface area contributed by atoms with Crippen molar-refractivity contribution in [3.05, 3.63) is 78.0 Å². The second-order valence-corrected chi connectivity index (χ2v) is 5.98. The summed E-state index contributed by atoms with van der Waals surface area (Å²) >= 11 is 0. The lowest BCUT2D eigenvalue weighted by molar-refractivity contribution is -0.112. The van der Waals surface area contributed by atoms with E-state index in [1.54, 1.807) is 60.7 Å². The molecule has 0 aliphatic heterocycles. The van der Waals surface area contributed by atoms with Crippen LogP contribution in [0.1, 0.15) is 10.4 Å². The molecule has 7 heteroatoms. The molecule has 0 spiro atoms. The fraction of sp³-hybridized carbons (Fsp3) is 0.0455. The lowest BCUT2D eigenvalue weighted by Gasteiger charge is -2.10. The fourth-order valence-corrected chi connectivity index (χ4v) is 2.79. The molecular formula is C22H17N3O4. The molecule has 0 radical (unpaired) electrons. The largest absolute Gasteiger partial charge is 0.507 e. The van der Waals surface area contributed by atoms with Crippen LogP contribution >= 0.6 is 0 Å². The minimum atomic E-state index is -0.633. The van der Waals surface area contributed by atoms with E-state index in [-0.39, 0.29) is 16.9 Å². The average Bonchev–Trinajstić information content (AvgIpc) is 2.74. The highest BCUT2D eigenvalue weighted by Gasteiger charge is 2.14. The van der Waals surface area contributed by atoms with Gasteiger partial charge in [0.05, 0.1) is 18.4 Å². The Morgan fingerprint density at radius 1 is 1.00 bits per heavy atom. The molecule has 0 saturated heterocycles. The van der Waals surface area contributed by atoms with E-state index in [9.17, 15) is 20.0 Å². The number of benzene rings is 3. The van der Waals surface area contributed by atoms with E-state index in [4.69, 9.17) is 4.74 Å². The molecule has 0 aliphatic carbocycles. The average molecular weight is 387 g/mol. The third-order valence-electron chi connectivity index (χ3n) is 4.22. The van der Waals surface area contributed by atoms with Crippen molar-refractivity contribution < 1.29 is 19.4 Å². The van der Waals surface area contributed by atoms with Gasteiger partial charge in [-0.05, 0) is 24.3 Å². The first kappa shape index (κ1) is 19.5. The number of amides is 1. The number of nitrogens with zero attached hydrogens (tertiary/aromatic N) is 1. The van der Waals surface area contributed by atoms with Gasteiger partial charge in [-0.25, -0.2) is 4.79 Å². The van der Waals surface area contributed by atoms with E-state index < -0.39 is 11.9 Å². The number of carbonyl (C=O) groups excluding carboxylic acids is 2. The van der Waals surface area contributed by atoms with Crippen molar-refractivity contribution >= 4 is 34.0 Å². The quantitative estimate of drug-likeness (QED) is 0.349. The molecule has 0 bridgehead atoms.